The Kier molecular flexibility index (Phi) is 5.42. The third kappa shape index (κ3) is 3.94. The van der Waals surface area contributed by atoms with Gasteiger partial charge in [-0.15, -0.1) is 11.3 Å². The second-order valence-corrected chi connectivity index (χ2v) is 6.23. The first-order valence-electron chi connectivity index (χ1n) is 6.31. The Morgan fingerprint density at radius 2 is 2.00 bits per heavy atom. The number of rotatable bonds is 6. The zero-order chi connectivity index (χ0) is 12.8. The van der Waals surface area contributed by atoms with Crippen LogP contribution in [-0.4, -0.2) is 6.54 Å². The Balaban J connectivity index is 2.01. The van der Waals surface area contributed by atoms with Crippen LogP contribution in [-0.2, 0) is 6.42 Å². The van der Waals surface area contributed by atoms with E-state index in [0.29, 0.717) is 6.04 Å². The van der Waals surface area contributed by atoms with E-state index in [-0.39, 0.29) is 0 Å². The third-order valence-corrected chi connectivity index (χ3v) is 4.45. The van der Waals surface area contributed by atoms with E-state index in [1.54, 1.807) is 0 Å². The van der Waals surface area contributed by atoms with Crippen LogP contribution < -0.4 is 5.32 Å². The van der Waals surface area contributed by atoms with Crippen molar-refractivity contribution in [2.24, 2.45) is 0 Å². The van der Waals surface area contributed by atoms with Gasteiger partial charge in [-0.25, -0.2) is 0 Å². The van der Waals surface area contributed by atoms with Gasteiger partial charge in [0, 0.05) is 15.4 Å². The van der Waals surface area contributed by atoms with Crippen LogP contribution in [0.5, 0.6) is 0 Å². The van der Waals surface area contributed by atoms with Crippen LogP contribution in [0.3, 0.4) is 0 Å². The van der Waals surface area contributed by atoms with E-state index in [4.69, 9.17) is 0 Å². The third-order valence-electron chi connectivity index (χ3n) is 2.98. The summed E-state index contributed by atoms with van der Waals surface area (Å²) >= 11 is 5.33. The molecule has 0 bridgehead atoms. The predicted octanol–water partition coefficient (Wildman–Crippen LogP) is 4.79. The minimum Gasteiger partial charge on any atom is -0.310 e. The van der Waals surface area contributed by atoms with E-state index in [9.17, 15) is 0 Å². The summed E-state index contributed by atoms with van der Waals surface area (Å²) in [5.41, 5.74) is 1.37. The molecule has 96 valence electrons. The molecule has 0 fully saturated rings. The van der Waals surface area contributed by atoms with Gasteiger partial charge in [0.1, 0.15) is 0 Å². The molecule has 0 aliphatic carbocycles. The molecule has 0 radical (unpaired) electrons. The van der Waals surface area contributed by atoms with Gasteiger partial charge >= 0.3 is 0 Å². The smallest absolute Gasteiger partial charge is 0.0323 e. The molecule has 18 heavy (non-hydrogen) atoms. The highest BCUT2D eigenvalue weighted by atomic mass is 79.9. The molecule has 0 aliphatic rings. The van der Waals surface area contributed by atoms with Crippen LogP contribution in [0.25, 0.3) is 0 Å². The topological polar surface area (TPSA) is 12.0 Å². The number of halogens is 1. The molecular weight excluding hydrogens is 306 g/mol. The van der Waals surface area contributed by atoms with Gasteiger partial charge in [0.2, 0.25) is 0 Å². The molecule has 1 aromatic carbocycles. The Morgan fingerprint density at radius 1 is 1.22 bits per heavy atom. The molecule has 1 aromatic heterocycles. The van der Waals surface area contributed by atoms with E-state index < -0.39 is 0 Å². The molecule has 2 aromatic rings. The molecule has 1 atom stereocenters. The van der Waals surface area contributed by atoms with Crippen LogP contribution in [0.4, 0.5) is 0 Å². The average molecular weight is 324 g/mol. The summed E-state index contributed by atoms with van der Waals surface area (Å²) in [7, 11) is 0. The fraction of sp³-hybridized carbons (Fsp3) is 0.333. The van der Waals surface area contributed by atoms with Gasteiger partial charge in [-0.1, -0.05) is 41.1 Å². The van der Waals surface area contributed by atoms with Gasteiger partial charge in [-0.2, -0.15) is 0 Å². The van der Waals surface area contributed by atoms with E-state index in [1.165, 1.54) is 10.4 Å². The van der Waals surface area contributed by atoms with Gasteiger partial charge in [0.05, 0.1) is 0 Å². The van der Waals surface area contributed by atoms with E-state index in [2.05, 4.69) is 69.9 Å². The summed E-state index contributed by atoms with van der Waals surface area (Å²) in [5.74, 6) is 0. The van der Waals surface area contributed by atoms with E-state index in [0.717, 1.165) is 23.9 Å². The lowest BCUT2D eigenvalue weighted by Gasteiger charge is -2.18. The molecule has 0 aliphatic heterocycles. The lowest BCUT2D eigenvalue weighted by molar-refractivity contribution is 0.517. The minimum atomic E-state index is 0.449. The summed E-state index contributed by atoms with van der Waals surface area (Å²) in [5, 5.41) is 5.72. The minimum absolute atomic E-state index is 0.449. The maximum atomic E-state index is 3.57. The van der Waals surface area contributed by atoms with Gasteiger partial charge in [-0.3, -0.25) is 0 Å². The van der Waals surface area contributed by atoms with Crippen molar-refractivity contribution in [1.29, 1.82) is 0 Å². The van der Waals surface area contributed by atoms with Crippen LogP contribution in [0.1, 0.15) is 29.8 Å². The second kappa shape index (κ2) is 7.07. The summed E-state index contributed by atoms with van der Waals surface area (Å²) in [6, 6.07) is 13.4. The highest BCUT2D eigenvalue weighted by Crippen LogP contribution is 2.22. The van der Waals surface area contributed by atoms with Crippen LogP contribution >= 0.6 is 27.3 Å². The monoisotopic (exact) mass is 323 g/mol. The summed E-state index contributed by atoms with van der Waals surface area (Å²) in [4.78, 5) is 1.47. The van der Waals surface area contributed by atoms with Crippen molar-refractivity contribution >= 4 is 27.3 Å². The van der Waals surface area contributed by atoms with Crippen molar-refractivity contribution in [3.63, 3.8) is 0 Å². The predicted molar refractivity (Wildman–Crippen MR) is 83.2 cm³/mol. The first-order valence-corrected chi connectivity index (χ1v) is 7.98. The van der Waals surface area contributed by atoms with Crippen molar-refractivity contribution in [3.05, 3.63) is 56.7 Å². The van der Waals surface area contributed by atoms with Crippen molar-refractivity contribution in [1.82, 2.24) is 5.32 Å². The van der Waals surface area contributed by atoms with Gasteiger partial charge in [0.25, 0.3) is 0 Å². The number of aryl methyl sites for hydroxylation is 1. The number of nitrogens with one attached hydrogen (secondary N) is 1. The molecular formula is C15H18BrNS. The maximum absolute atomic E-state index is 3.57. The Bertz CT molecular complexity index is 450. The van der Waals surface area contributed by atoms with E-state index >= 15 is 0 Å². The summed E-state index contributed by atoms with van der Waals surface area (Å²) < 4.78 is 1.14. The highest BCUT2D eigenvalue weighted by Gasteiger charge is 2.10. The molecule has 0 saturated heterocycles. The van der Waals surface area contributed by atoms with Gasteiger partial charge in [0.15, 0.2) is 0 Å². The molecule has 0 amide bonds. The summed E-state index contributed by atoms with van der Waals surface area (Å²) in [6.45, 7) is 3.17. The van der Waals surface area contributed by atoms with Crippen molar-refractivity contribution in [3.8, 4) is 0 Å². The Morgan fingerprint density at radius 3 is 2.61 bits per heavy atom. The number of thiophene rings is 1. The van der Waals surface area contributed by atoms with Crippen LogP contribution in [0.15, 0.2) is 46.3 Å². The summed E-state index contributed by atoms with van der Waals surface area (Å²) in [6.07, 6.45) is 2.29. The molecule has 1 N–H and O–H groups in total. The van der Waals surface area contributed by atoms with Gasteiger partial charge < -0.3 is 5.32 Å². The van der Waals surface area contributed by atoms with Crippen LogP contribution in [0, 0.1) is 0 Å². The largest absolute Gasteiger partial charge is 0.310 e. The molecule has 1 unspecified atom stereocenters. The molecule has 0 saturated carbocycles. The van der Waals surface area contributed by atoms with Crippen LogP contribution in [0.2, 0.25) is 0 Å². The van der Waals surface area contributed by atoms with E-state index in [1.807, 2.05) is 11.3 Å². The van der Waals surface area contributed by atoms with Crippen molar-refractivity contribution < 1.29 is 0 Å². The first-order chi connectivity index (χ1) is 8.79. The van der Waals surface area contributed by atoms with Crippen molar-refractivity contribution in [2.75, 3.05) is 6.54 Å². The SMILES string of the molecule is CCNC(CCc1cccs1)c1ccc(Br)cc1. The van der Waals surface area contributed by atoms with Gasteiger partial charge in [-0.05, 0) is 48.5 Å². The number of hydrogen-bond acceptors (Lipinski definition) is 2. The highest BCUT2D eigenvalue weighted by molar-refractivity contribution is 9.10. The second-order valence-electron chi connectivity index (χ2n) is 4.28. The zero-order valence-corrected chi connectivity index (χ0v) is 12.9. The zero-order valence-electron chi connectivity index (χ0n) is 10.5. The Hall–Kier alpha value is -0.640. The molecule has 1 heterocycles. The molecule has 1 nitrogen and oxygen atoms in total. The standard InChI is InChI=1S/C15H18BrNS/c1-2-17-15(10-9-14-4-3-11-18-14)12-5-7-13(16)8-6-12/h3-8,11,15,17H,2,9-10H2,1H3. The maximum Gasteiger partial charge on any atom is 0.0323 e. The molecule has 2 rings (SSSR count). The van der Waals surface area contributed by atoms with Crippen molar-refractivity contribution in [2.45, 2.75) is 25.8 Å². The lowest BCUT2D eigenvalue weighted by atomic mass is 10.0. The lowest BCUT2D eigenvalue weighted by Crippen LogP contribution is -2.21. The number of benzene rings is 1. The fourth-order valence-electron chi connectivity index (χ4n) is 2.07. The normalized spacial score (nSPS) is 12.6. The number of hydrogen-bond donors (Lipinski definition) is 1. The molecule has 3 heteroatoms. The quantitative estimate of drug-likeness (QED) is 0.805. The Labute approximate surface area is 121 Å². The molecule has 0 spiro atoms. The average Bonchev–Trinajstić information content (AvgIpc) is 2.89. The first kappa shape index (κ1) is 13.8. The fourth-order valence-corrected chi connectivity index (χ4v) is 3.06.